The van der Waals surface area contributed by atoms with Crippen LogP contribution in [0.1, 0.15) is 22.9 Å². The first-order valence-corrected chi connectivity index (χ1v) is 5.88. The Labute approximate surface area is 102 Å². The third-order valence-corrected chi connectivity index (χ3v) is 3.54. The van der Waals surface area contributed by atoms with Gasteiger partial charge in [0.2, 0.25) is 0 Å². The van der Waals surface area contributed by atoms with E-state index in [9.17, 15) is 4.79 Å². The van der Waals surface area contributed by atoms with Gasteiger partial charge in [-0.2, -0.15) is 0 Å². The first-order chi connectivity index (χ1) is 6.56. The molecule has 0 saturated carbocycles. The van der Waals surface area contributed by atoms with Gasteiger partial charge >= 0.3 is 0 Å². The van der Waals surface area contributed by atoms with Crippen molar-refractivity contribution in [3.63, 3.8) is 0 Å². The van der Waals surface area contributed by atoms with Gasteiger partial charge in [-0.3, -0.25) is 4.79 Å². The van der Waals surface area contributed by atoms with Crippen molar-refractivity contribution in [3.05, 3.63) is 34.3 Å². The average molecular weight is 296 g/mol. The monoisotopic (exact) mass is 294 g/mol. The molecule has 1 atom stereocenters. The van der Waals surface area contributed by atoms with Crippen LogP contribution in [-0.4, -0.2) is 5.78 Å². The molecular weight excluding hydrogens is 287 g/mol. The van der Waals surface area contributed by atoms with Gasteiger partial charge in [0.15, 0.2) is 0 Å². The van der Waals surface area contributed by atoms with Gasteiger partial charge in [0.05, 0.1) is 4.83 Å². The Morgan fingerprint density at radius 1 is 1.57 bits per heavy atom. The molecule has 0 aromatic heterocycles. The number of Topliss-reactive ketones (excluding diaryl/α,β-unsaturated/α-hetero) is 1. The topological polar surface area (TPSA) is 17.1 Å². The van der Waals surface area contributed by atoms with Crippen LogP contribution in [-0.2, 0) is 10.7 Å². The second kappa shape index (κ2) is 5.15. The summed E-state index contributed by atoms with van der Waals surface area (Å²) in [6, 6.07) is 5.35. The largest absolute Gasteiger partial charge is 0.298 e. The zero-order chi connectivity index (χ0) is 10.7. The van der Waals surface area contributed by atoms with E-state index in [1.165, 1.54) is 6.92 Å². The molecule has 4 heteroatoms. The van der Waals surface area contributed by atoms with Gasteiger partial charge in [-0.15, -0.1) is 11.6 Å². The van der Waals surface area contributed by atoms with Crippen LogP contribution < -0.4 is 0 Å². The van der Waals surface area contributed by atoms with Crippen molar-refractivity contribution >= 4 is 44.9 Å². The van der Waals surface area contributed by atoms with E-state index in [2.05, 4.69) is 15.9 Å². The summed E-state index contributed by atoms with van der Waals surface area (Å²) in [7, 11) is 0. The first kappa shape index (κ1) is 12.0. The highest BCUT2D eigenvalue weighted by molar-refractivity contribution is 9.09. The second-order valence-corrected chi connectivity index (χ2v) is 4.57. The molecule has 1 nitrogen and oxygen atoms in total. The van der Waals surface area contributed by atoms with E-state index < -0.39 is 0 Å². The Hall–Kier alpha value is -0.0500. The fraction of sp³-hybridized carbons (Fsp3) is 0.300. The van der Waals surface area contributed by atoms with Crippen LogP contribution in [0.4, 0.5) is 0 Å². The van der Waals surface area contributed by atoms with Crippen molar-refractivity contribution in [2.75, 3.05) is 0 Å². The van der Waals surface area contributed by atoms with Crippen molar-refractivity contribution in [1.82, 2.24) is 0 Å². The maximum absolute atomic E-state index is 11.2. The van der Waals surface area contributed by atoms with Crippen LogP contribution >= 0.6 is 39.1 Å². The third kappa shape index (κ3) is 2.72. The number of halogens is 3. The minimum atomic E-state index is -0.298. The molecule has 1 aromatic carbocycles. The van der Waals surface area contributed by atoms with Crippen LogP contribution in [0.3, 0.4) is 0 Å². The Balaban J connectivity index is 3.13. The molecule has 0 spiro atoms. The van der Waals surface area contributed by atoms with Crippen LogP contribution in [0.25, 0.3) is 0 Å². The van der Waals surface area contributed by atoms with E-state index in [0.29, 0.717) is 10.9 Å². The van der Waals surface area contributed by atoms with Gasteiger partial charge in [0.1, 0.15) is 5.78 Å². The predicted octanol–water partition coefficient (Wildman–Crippen LogP) is 4.10. The van der Waals surface area contributed by atoms with Crippen LogP contribution in [0.15, 0.2) is 18.2 Å². The van der Waals surface area contributed by atoms with E-state index in [-0.39, 0.29) is 10.6 Å². The van der Waals surface area contributed by atoms with E-state index in [1.807, 2.05) is 6.07 Å². The average Bonchev–Trinajstić information content (AvgIpc) is 2.16. The number of alkyl halides is 2. The fourth-order valence-corrected chi connectivity index (χ4v) is 2.03. The number of carbonyl (C=O) groups excluding carboxylic acids is 1. The normalized spacial score (nSPS) is 12.6. The predicted molar refractivity (Wildman–Crippen MR) is 63.4 cm³/mol. The number of benzene rings is 1. The van der Waals surface area contributed by atoms with Crippen LogP contribution in [0.5, 0.6) is 0 Å². The molecule has 1 rings (SSSR count). The van der Waals surface area contributed by atoms with Crippen molar-refractivity contribution in [1.29, 1.82) is 0 Å². The molecule has 0 heterocycles. The van der Waals surface area contributed by atoms with Gasteiger partial charge in [-0.25, -0.2) is 0 Å². The highest BCUT2D eigenvalue weighted by Gasteiger charge is 2.16. The number of rotatable bonds is 3. The van der Waals surface area contributed by atoms with E-state index in [4.69, 9.17) is 23.2 Å². The fourth-order valence-electron chi connectivity index (χ4n) is 1.16. The number of hydrogen-bond donors (Lipinski definition) is 0. The van der Waals surface area contributed by atoms with Crippen LogP contribution in [0.2, 0.25) is 5.02 Å². The Morgan fingerprint density at radius 3 is 2.71 bits per heavy atom. The van der Waals surface area contributed by atoms with Gasteiger partial charge in [0.25, 0.3) is 0 Å². The lowest BCUT2D eigenvalue weighted by atomic mass is 10.0. The zero-order valence-electron chi connectivity index (χ0n) is 7.56. The third-order valence-electron chi connectivity index (χ3n) is 1.88. The molecule has 1 aromatic rings. The summed E-state index contributed by atoms with van der Waals surface area (Å²) in [5.74, 6) is 0.407. The number of hydrogen-bond acceptors (Lipinski definition) is 1. The summed E-state index contributed by atoms with van der Waals surface area (Å²) in [4.78, 5) is 10.9. The van der Waals surface area contributed by atoms with Crippen molar-refractivity contribution in [3.8, 4) is 0 Å². The maximum Gasteiger partial charge on any atom is 0.147 e. The second-order valence-electron chi connectivity index (χ2n) is 2.95. The molecule has 0 radical (unpaired) electrons. The van der Waals surface area contributed by atoms with Gasteiger partial charge in [-0.1, -0.05) is 33.6 Å². The Kier molecular flexibility index (Phi) is 4.42. The summed E-state index contributed by atoms with van der Waals surface area (Å²) >= 11 is 14.9. The summed E-state index contributed by atoms with van der Waals surface area (Å²) in [5.41, 5.74) is 1.77. The maximum atomic E-state index is 11.2. The van der Waals surface area contributed by atoms with E-state index >= 15 is 0 Å². The van der Waals surface area contributed by atoms with Gasteiger partial charge in [-0.05, 0) is 30.2 Å². The van der Waals surface area contributed by atoms with Crippen molar-refractivity contribution in [2.24, 2.45) is 0 Å². The summed E-state index contributed by atoms with van der Waals surface area (Å²) in [5, 5.41) is 0.632. The molecule has 76 valence electrons. The smallest absolute Gasteiger partial charge is 0.147 e. The molecule has 0 aliphatic rings. The Bertz CT molecular complexity index is 352. The SMILES string of the molecule is CC(=O)C(Br)c1ccc(Cl)cc1CCl. The molecule has 0 fully saturated rings. The minimum Gasteiger partial charge on any atom is -0.298 e. The summed E-state index contributed by atoms with van der Waals surface area (Å²) in [6.45, 7) is 1.53. The molecular formula is C10H9BrCl2O. The Morgan fingerprint density at radius 2 is 2.21 bits per heavy atom. The highest BCUT2D eigenvalue weighted by atomic mass is 79.9. The van der Waals surface area contributed by atoms with Crippen molar-refractivity contribution < 1.29 is 4.79 Å². The van der Waals surface area contributed by atoms with Gasteiger partial charge in [0, 0.05) is 10.9 Å². The molecule has 0 N–H and O–H groups in total. The number of ketones is 1. The van der Waals surface area contributed by atoms with Crippen molar-refractivity contribution in [2.45, 2.75) is 17.6 Å². The first-order valence-electron chi connectivity index (χ1n) is 4.05. The lowest BCUT2D eigenvalue weighted by Gasteiger charge is -2.11. The molecule has 14 heavy (non-hydrogen) atoms. The highest BCUT2D eigenvalue weighted by Crippen LogP contribution is 2.29. The molecule has 0 saturated heterocycles. The lowest BCUT2D eigenvalue weighted by molar-refractivity contribution is -0.116. The minimum absolute atomic E-state index is 0.0543. The standard InChI is InChI=1S/C10H9BrCl2O/c1-6(14)10(11)9-3-2-8(13)4-7(9)5-12/h2-4,10H,5H2,1H3. The zero-order valence-corrected chi connectivity index (χ0v) is 10.7. The molecule has 0 aliphatic carbocycles. The van der Waals surface area contributed by atoms with Gasteiger partial charge < -0.3 is 0 Å². The van der Waals surface area contributed by atoms with E-state index in [0.717, 1.165) is 11.1 Å². The molecule has 0 aliphatic heterocycles. The molecule has 1 unspecified atom stereocenters. The van der Waals surface area contributed by atoms with E-state index in [1.54, 1.807) is 12.1 Å². The quantitative estimate of drug-likeness (QED) is 0.767. The number of carbonyl (C=O) groups is 1. The summed E-state index contributed by atoms with van der Waals surface area (Å²) in [6.07, 6.45) is 0. The molecule has 0 amide bonds. The summed E-state index contributed by atoms with van der Waals surface area (Å²) < 4.78 is 0. The van der Waals surface area contributed by atoms with Crippen LogP contribution in [0, 0.1) is 0 Å². The molecule has 0 bridgehead atoms. The lowest BCUT2D eigenvalue weighted by Crippen LogP contribution is -2.03.